The van der Waals surface area contributed by atoms with Gasteiger partial charge in [-0.15, -0.1) is 0 Å². The zero-order valence-electron chi connectivity index (χ0n) is 13.2. The van der Waals surface area contributed by atoms with Crippen molar-refractivity contribution in [2.24, 2.45) is 0 Å². The Morgan fingerprint density at radius 2 is 2.04 bits per heavy atom. The Hall–Kier alpha value is -1.36. The second kappa shape index (κ2) is 8.65. The molecule has 1 amide bonds. The second-order valence-electron chi connectivity index (χ2n) is 5.22. The number of carbonyl (C=O) groups is 1. The summed E-state index contributed by atoms with van der Waals surface area (Å²) in [6.07, 6.45) is 6.26. The molecular weight excluding hydrogens is 373 g/mol. The summed E-state index contributed by atoms with van der Waals surface area (Å²) < 4.78 is 8.69. The third-order valence-electron chi connectivity index (χ3n) is 3.48. The van der Waals surface area contributed by atoms with E-state index >= 15 is 0 Å². The van der Waals surface area contributed by atoms with E-state index in [0.717, 1.165) is 23.3 Å². The molecule has 0 aliphatic carbocycles. The van der Waals surface area contributed by atoms with Crippen LogP contribution in [0.25, 0.3) is 6.08 Å². The summed E-state index contributed by atoms with van der Waals surface area (Å²) in [6.45, 7) is 0.752. The van der Waals surface area contributed by atoms with Crippen LogP contribution in [-0.2, 0) is 4.74 Å². The van der Waals surface area contributed by atoms with Crippen molar-refractivity contribution in [3.05, 3.63) is 47.6 Å². The maximum atomic E-state index is 11.9. The van der Waals surface area contributed by atoms with Gasteiger partial charge in [-0.05, 0) is 18.1 Å². The Bertz CT molecular complexity index is 638. The van der Waals surface area contributed by atoms with Crippen molar-refractivity contribution in [3.63, 3.8) is 0 Å². The lowest BCUT2D eigenvalue weighted by Gasteiger charge is -2.25. The van der Waals surface area contributed by atoms with Gasteiger partial charge in [-0.3, -0.25) is 0 Å². The van der Waals surface area contributed by atoms with Gasteiger partial charge in [0, 0.05) is 18.7 Å². The first-order valence-electron chi connectivity index (χ1n) is 7.37. The topological polar surface area (TPSA) is 38.8 Å². The number of allylic oxidation sites excluding steroid dienone is 1. The van der Waals surface area contributed by atoms with Crippen LogP contribution in [0.5, 0.6) is 5.75 Å². The Kier molecular flexibility index (Phi) is 6.84. The van der Waals surface area contributed by atoms with Crippen LogP contribution in [0.3, 0.4) is 0 Å². The highest BCUT2D eigenvalue weighted by molar-refractivity contribution is 6.67. The molecule has 0 radical (unpaired) electrons. The number of nitrogens with zero attached hydrogens (tertiary/aromatic N) is 1. The molecule has 24 heavy (non-hydrogen) atoms. The lowest BCUT2D eigenvalue weighted by atomic mass is 10.1. The average Bonchev–Trinajstić information content (AvgIpc) is 2.58. The maximum Gasteiger partial charge on any atom is 0.410 e. The Labute approximate surface area is 156 Å². The number of ether oxygens (including phenoxy) is 2. The molecule has 130 valence electrons. The van der Waals surface area contributed by atoms with Crippen LogP contribution in [-0.4, -0.2) is 41.6 Å². The van der Waals surface area contributed by atoms with Crippen molar-refractivity contribution >= 4 is 47.0 Å². The molecule has 0 fully saturated rings. The van der Waals surface area contributed by atoms with E-state index in [1.165, 1.54) is 0 Å². The fraction of sp³-hybridized carbons (Fsp3) is 0.353. The third kappa shape index (κ3) is 5.93. The number of carbonyl (C=O) groups excluding carboxylic acids is 1. The molecule has 0 N–H and O–H groups in total. The van der Waals surface area contributed by atoms with Gasteiger partial charge in [-0.2, -0.15) is 0 Å². The number of hydrogen-bond donors (Lipinski definition) is 0. The average molecular weight is 391 g/mol. The van der Waals surface area contributed by atoms with E-state index in [-0.39, 0.29) is 6.61 Å². The second-order valence-corrected chi connectivity index (χ2v) is 7.74. The molecule has 1 aliphatic rings. The Morgan fingerprint density at radius 1 is 1.29 bits per heavy atom. The molecule has 0 saturated heterocycles. The van der Waals surface area contributed by atoms with Crippen molar-refractivity contribution in [1.82, 2.24) is 4.90 Å². The van der Waals surface area contributed by atoms with Crippen LogP contribution in [0.4, 0.5) is 4.79 Å². The number of alkyl halides is 3. The molecule has 4 nitrogen and oxygen atoms in total. The van der Waals surface area contributed by atoms with Crippen LogP contribution in [0.2, 0.25) is 0 Å². The summed E-state index contributed by atoms with van der Waals surface area (Å²) in [6, 6.07) is 7.78. The summed E-state index contributed by atoms with van der Waals surface area (Å²) in [5, 5.41) is 0. The molecule has 1 heterocycles. The zero-order chi connectivity index (χ0) is 17.6. The van der Waals surface area contributed by atoms with Gasteiger partial charge in [0.2, 0.25) is 3.79 Å². The first-order valence-corrected chi connectivity index (χ1v) is 8.51. The summed E-state index contributed by atoms with van der Waals surface area (Å²) >= 11 is 16.7. The lowest BCUT2D eigenvalue weighted by Crippen LogP contribution is -2.36. The smallest absolute Gasteiger partial charge is 0.410 e. The highest BCUT2D eigenvalue weighted by atomic mass is 35.6. The fourth-order valence-electron chi connectivity index (χ4n) is 2.24. The minimum absolute atomic E-state index is 0.267. The van der Waals surface area contributed by atoms with E-state index in [2.05, 4.69) is 0 Å². The molecule has 0 bridgehead atoms. The molecule has 1 aliphatic heterocycles. The van der Waals surface area contributed by atoms with Gasteiger partial charge in [0.1, 0.15) is 12.4 Å². The van der Waals surface area contributed by atoms with Crippen LogP contribution in [0.1, 0.15) is 12.0 Å². The van der Waals surface area contributed by atoms with E-state index < -0.39 is 9.89 Å². The number of hydrogen-bond acceptors (Lipinski definition) is 3. The molecule has 0 saturated carbocycles. The van der Waals surface area contributed by atoms with Gasteiger partial charge < -0.3 is 14.4 Å². The highest BCUT2D eigenvalue weighted by Gasteiger charge is 2.25. The van der Waals surface area contributed by atoms with Gasteiger partial charge >= 0.3 is 6.09 Å². The van der Waals surface area contributed by atoms with Crippen molar-refractivity contribution < 1.29 is 14.3 Å². The monoisotopic (exact) mass is 389 g/mol. The lowest BCUT2D eigenvalue weighted by molar-refractivity contribution is 0.107. The molecule has 7 heteroatoms. The van der Waals surface area contributed by atoms with Gasteiger partial charge in [0.15, 0.2) is 0 Å². The van der Waals surface area contributed by atoms with Crippen LogP contribution in [0.15, 0.2) is 42.0 Å². The Balaban J connectivity index is 1.91. The fourth-order valence-corrected chi connectivity index (χ4v) is 2.40. The molecule has 0 aromatic heterocycles. The first-order chi connectivity index (χ1) is 11.4. The number of methoxy groups -OCH3 is 1. The molecule has 0 atom stereocenters. The number of halogens is 3. The van der Waals surface area contributed by atoms with E-state index in [0.29, 0.717) is 13.1 Å². The summed E-state index contributed by atoms with van der Waals surface area (Å²) in [5.41, 5.74) is 2.15. The standard InChI is InChI=1S/C17H18Cl3NO3/c1-23-15-5-3-2-4-14(15)7-6-13-8-10-21(11-9-13)16(22)24-12-17(18,19)20/h2-8H,9-12H2,1H3. The molecule has 0 unspecified atom stereocenters. The molecule has 0 spiro atoms. The SMILES string of the molecule is COc1ccccc1C=CC1=CCN(C(=O)OCC(Cl)(Cl)Cl)CC1. The number of para-hydroxylation sites is 1. The first kappa shape index (κ1) is 19.0. The molecule has 1 aromatic rings. The number of benzene rings is 1. The van der Waals surface area contributed by atoms with Gasteiger partial charge in [-0.1, -0.05) is 71.2 Å². The molecular formula is C17H18Cl3NO3. The summed E-state index contributed by atoms with van der Waals surface area (Å²) in [7, 11) is 1.65. The van der Waals surface area contributed by atoms with Crippen molar-refractivity contribution in [1.29, 1.82) is 0 Å². The van der Waals surface area contributed by atoms with Crippen LogP contribution >= 0.6 is 34.8 Å². The predicted octanol–water partition coefficient (Wildman–Crippen LogP) is 4.85. The largest absolute Gasteiger partial charge is 0.496 e. The van der Waals surface area contributed by atoms with E-state index in [9.17, 15) is 4.79 Å². The highest BCUT2D eigenvalue weighted by Crippen LogP contribution is 2.26. The Morgan fingerprint density at radius 3 is 2.67 bits per heavy atom. The van der Waals surface area contributed by atoms with E-state index in [4.69, 9.17) is 44.3 Å². The molecule has 1 aromatic carbocycles. The van der Waals surface area contributed by atoms with Gasteiger partial charge in [0.25, 0.3) is 0 Å². The predicted molar refractivity (Wildman–Crippen MR) is 97.9 cm³/mol. The minimum Gasteiger partial charge on any atom is -0.496 e. The zero-order valence-corrected chi connectivity index (χ0v) is 15.4. The normalized spacial score (nSPS) is 15.3. The van der Waals surface area contributed by atoms with E-state index in [1.807, 2.05) is 42.5 Å². The van der Waals surface area contributed by atoms with Crippen molar-refractivity contribution in [2.45, 2.75) is 10.2 Å². The minimum atomic E-state index is -1.59. The number of amides is 1. The van der Waals surface area contributed by atoms with Crippen LogP contribution in [0, 0.1) is 0 Å². The molecule has 2 rings (SSSR count). The van der Waals surface area contributed by atoms with Gasteiger partial charge in [0.05, 0.1) is 7.11 Å². The summed E-state index contributed by atoms with van der Waals surface area (Å²) in [4.78, 5) is 13.4. The van der Waals surface area contributed by atoms with Crippen LogP contribution < -0.4 is 4.74 Å². The quantitative estimate of drug-likeness (QED) is 0.690. The van der Waals surface area contributed by atoms with E-state index in [1.54, 1.807) is 12.0 Å². The summed E-state index contributed by atoms with van der Waals surface area (Å²) in [5.74, 6) is 0.821. The third-order valence-corrected chi connectivity index (χ3v) is 3.80. The number of rotatable bonds is 4. The maximum absolute atomic E-state index is 11.9. The van der Waals surface area contributed by atoms with Gasteiger partial charge in [-0.25, -0.2) is 4.79 Å². The van der Waals surface area contributed by atoms with Crippen molar-refractivity contribution in [3.8, 4) is 5.75 Å². The van der Waals surface area contributed by atoms with Crippen molar-refractivity contribution in [2.75, 3.05) is 26.8 Å².